The van der Waals surface area contributed by atoms with E-state index in [1.807, 2.05) is 6.07 Å². The van der Waals surface area contributed by atoms with Crippen LogP contribution >= 0.6 is 0 Å². The molecule has 9 nitrogen and oxygen atoms in total. The quantitative estimate of drug-likeness (QED) is 0.823. The topological polar surface area (TPSA) is 98.4 Å². The van der Waals surface area contributed by atoms with Crippen LogP contribution in [0, 0.1) is 0 Å². The van der Waals surface area contributed by atoms with Gasteiger partial charge < -0.3 is 34.5 Å². The maximum Gasteiger partial charge on any atom is 0.319 e. The molecule has 5 rings (SSSR count). The van der Waals surface area contributed by atoms with Gasteiger partial charge in [0.25, 0.3) is 0 Å². The fraction of sp³-hybridized carbons (Fsp3) is 0.300. The minimum absolute atomic E-state index is 0.0601. The zero-order valence-corrected chi connectivity index (χ0v) is 15.5. The van der Waals surface area contributed by atoms with E-state index in [1.54, 1.807) is 35.2 Å². The maximum absolute atomic E-state index is 12.5. The van der Waals surface area contributed by atoms with Crippen molar-refractivity contribution in [2.75, 3.05) is 36.8 Å². The van der Waals surface area contributed by atoms with Gasteiger partial charge in [-0.25, -0.2) is 4.79 Å². The molecule has 29 heavy (non-hydrogen) atoms. The predicted octanol–water partition coefficient (Wildman–Crippen LogP) is 2.11. The van der Waals surface area contributed by atoms with Gasteiger partial charge in [0.1, 0.15) is 13.2 Å². The molecule has 1 unspecified atom stereocenters. The number of ether oxygens (including phenoxy) is 4. The first-order chi connectivity index (χ1) is 14.2. The first kappa shape index (κ1) is 17.5. The molecule has 150 valence electrons. The Labute approximate surface area is 166 Å². The zero-order valence-electron chi connectivity index (χ0n) is 15.5. The van der Waals surface area contributed by atoms with E-state index in [9.17, 15) is 9.59 Å². The van der Waals surface area contributed by atoms with Crippen molar-refractivity contribution < 1.29 is 28.5 Å². The molecular formula is C20H19N3O6. The number of hydrogen-bond donors (Lipinski definition) is 2. The predicted molar refractivity (Wildman–Crippen MR) is 103 cm³/mol. The number of rotatable bonds is 3. The Morgan fingerprint density at radius 3 is 2.55 bits per heavy atom. The van der Waals surface area contributed by atoms with Crippen molar-refractivity contribution in [1.29, 1.82) is 0 Å². The molecule has 3 aliphatic heterocycles. The summed E-state index contributed by atoms with van der Waals surface area (Å²) >= 11 is 0. The van der Waals surface area contributed by atoms with Gasteiger partial charge in [0, 0.05) is 36.5 Å². The molecule has 0 saturated carbocycles. The van der Waals surface area contributed by atoms with Crippen LogP contribution in [-0.4, -0.2) is 44.5 Å². The monoisotopic (exact) mass is 397 g/mol. The number of carbonyl (C=O) groups excluding carboxylic acids is 2. The third-order valence-corrected chi connectivity index (χ3v) is 4.93. The van der Waals surface area contributed by atoms with Crippen molar-refractivity contribution in [1.82, 2.24) is 5.32 Å². The van der Waals surface area contributed by atoms with E-state index >= 15 is 0 Å². The average Bonchev–Trinajstić information content (AvgIpc) is 3.33. The maximum atomic E-state index is 12.5. The van der Waals surface area contributed by atoms with Crippen LogP contribution in [0.5, 0.6) is 23.0 Å². The Kier molecular flexibility index (Phi) is 4.27. The summed E-state index contributed by atoms with van der Waals surface area (Å²) in [6, 6.07) is 9.89. The number of hydrogen-bond acceptors (Lipinski definition) is 6. The Hall–Kier alpha value is -3.62. The van der Waals surface area contributed by atoms with Crippen LogP contribution in [-0.2, 0) is 4.79 Å². The van der Waals surface area contributed by atoms with Crippen LogP contribution in [0.15, 0.2) is 36.4 Å². The fourth-order valence-corrected chi connectivity index (χ4v) is 3.58. The zero-order chi connectivity index (χ0) is 19.8. The minimum atomic E-state index is -0.384. The van der Waals surface area contributed by atoms with E-state index in [-0.39, 0.29) is 31.2 Å². The first-order valence-electron chi connectivity index (χ1n) is 9.33. The van der Waals surface area contributed by atoms with Gasteiger partial charge in [-0.15, -0.1) is 0 Å². The van der Waals surface area contributed by atoms with Gasteiger partial charge in [-0.3, -0.25) is 4.79 Å². The Morgan fingerprint density at radius 2 is 1.66 bits per heavy atom. The molecule has 1 atom stereocenters. The number of fused-ring (bicyclic) bond motifs is 2. The summed E-state index contributed by atoms with van der Waals surface area (Å²) in [5.74, 6) is 2.47. The van der Waals surface area contributed by atoms with Crippen molar-refractivity contribution in [2.45, 2.75) is 12.5 Å². The Balaban J connectivity index is 1.22. The van der Waals surface area contributed by atoms with Crippen LogP contribution in [0.3, 0.4) is 0 Å². The SMILES string of the molecule is O=C(Nc1ccc2c(c1)OCO2)NC1CC(=O)N(c2ccc3c(c2)OCCO3)C1. The number of nitrogens with zero attached hydrogens (tertiary/aromatic N) is 1. The van der Waals surface area contributed by atoms with E-state index in [0.29, 0.717) is 48.4 Å². The molecule has 1 saturated heterocycles. The number of urea groups is 1. The second-order valence-corrected chi connectivity index (χ2v) is 6.90. The molecule has 0 radical (unpaired) electrons. The van der Waals surface area contributed by atoms with Crippen LogP contribution in [0.4, 0.5) is 16.2 Å². The Bertz CT molecular complexity index is 979. The largest absolute Gasteiger partial charge is 0.486 e. The smallest absolute Gasteiger partial charge is 0.319 e. The van der Waals surface area contributed by atoms with Crippen LogP contribution in [0.1, 0.15) is 6.42 Å². The van der Waals surface area contributed by atoms with Crippen LogP contribution < -0.4 is 34.5 Å². The van der Waals surface area contributed by atoms with E-state index in [4.69, 9.17) is 18.9 Å². The number of anilines is 2. The van der Waals surface area contributed by atoms with Gasteiger partial charge in [-0.2, -0.15) is 0 Å². The molecule has 1 fully saturated rings. The van der Waals surface area contributed by atoms with E-state index in [1.165, 1.54) is 0 Å². The summed E-state index contributed by atoms with van der Waals surface area (Å²) in [6.07, 6.45) is 0.225. The molecule has 0 aromatic heterocycles. The number of carbonyl (C=O) groups is 2. The summed E-state index contributed by atoms with van der Waals surface area (Å²) in [5.41, 5.74) is 1.31. The molecule has 2 aromatic carbocycles. The molecule has 2 aromatic rings. The van der Waals surface area contributed by atoms with Crippen molar-refractivity contribution >= 4 is 23.3 Å². The van der Waals surface area contributed by atoms with Crippen molar-refractivity contribution in [3.05, 3.63) is 36.4 Å². The number of amides is 3. The van der Waals surface area contributed by atoms with Crippen molar-refractivity contribution in [2.24, 2.45) is 0 Å². The molecule has 0 spiro atoms. The van der Waals surface area contributed by atoms with E-state index in [2.05, 4.69) is 10.6 Å². The normalized spacial score (nSPS) is 19.2. The third-order valence-electron chi connectivity index (χ3n) is 4.93. The van der Waals surface area contributed by atoms with Gasteiger partial charge in [0.05, 0.1) is 6.04 Å². The van der Waals surface area contributed by atoms with E-state index < -0.39 is 0 Å². The molecule has 0 aliphatic carbocycles. The Morgan fingerprint density at radius 1 is 0.931 bits per heavy atom. The van der Waals surface area contributed by atoms with Gasteiger partial charge in [0.2, 0.25) is 12.7 Å². The van der Waals surface area contributed by atoms with Crippen molar-refractivity contribution in [3.8, 4) is 23.0 Å². The van der Waals surface area contributed by atoms with E-state index in [0.717, 1.165) is 5.69 Å². The highest BCUT2D eigenvalue weighted by atomic mass is 16.7. The van der Waals surface area contributed by atoms with Gasteiger partial charge in [-0.05, 0) is 24.3 Å². The second-order valence-electron chi connectivity index (χ2n) is 6.90. The highest BCUT2D eigenvalue weighted by molar-refractivity contribution is 5.98. The second kappa shape index (κ2) is 7.08. The standard InChI is InChI=1S/C20H19N3O6/c24-19-8-13(10-23(19)14-2-4-15-18(9-14)27-6-5-26-15)22-20(25)21-12-1-3-16-17(7-12)29-11-28-16/h1-4,7,9,13H,5-6,8,10-11H2,(H2,21,22,25). The summed E-state index contributed by atoms with van der Waals surface area (Å²) < 4.78 is 21.7. The highest BCUT2D eigenvalue weighted by Gasteiger charge is 2.32. The summed E-state index contributed by atoms with van der Waals surface area (Å²) in [4.78, 5) is 26.5. The highest BCUT2D eigenvalue weighted by Crippen LogP contribution is 2.36. The van der Waals surface area contributed by atoms with Gasteiger partial charge in [0.15, 0.2) is 23.0 Å². The molecular weight excluding hydrogens is 378 g/mol. The number of nitrogens with one attached hydrogen (secondary N) is 2. The summed E-state index contributed by atoms with van der Waals surface area (Å²) in [6.45, 7) is 1.55. The summed E-state index contributed by atoms with van der Waals surface area (Å²) in [7, 11) is 0. The first-order valence-corrected chi connectivity index (χ1v) is 9.33. The average molecular weight is 397 g/mol. The van der Waals surface area contributed by atoms with Crippen LogP contribution in [0.2, 0.25) is 0 Å². The third kappa shape index (κ3) is 3.46. The fourth-order valence-electron chi connectivity index (χ4n) is 3.58. The lowest BCUT2D eigenvalue weighted by Gasteiger charge is -2.22. The molecule has 0 bridgehead atoms. The lowest BCUT2D eigenvalue weighted by atomic mass is 10.2. The molecule has 9 heteroatoms. The lowest BCUT2D eigenvalue weighted by molar-refractivity contribution is -0.117. The minimum Gasteiger partial charge on any atom is -0.486 e. The van der Waals surface area contributed by atoms with Gasteiger partial charge >= 0.3 is 6.03 Å². The number of benzene rings is 2. The van der Waals surface area contributed by atoms with Gasteiger partial charge in [-0.1, -0.05) is 0 Å². The van der Waals surface area contributed by atoms with Crippen molar-refractivity contribution in [3.63, 3.8) is 0 Å². The molecule has 3 amide bonds. The molecule has 3 heterocycles. The molecule has 3 aliphatic rings. The lowest BCUT2D eigenvalue weighted by Crippen LogP contribution is -2.39. The van der Waals surface area contributed by atoms with Crippen LogP contribution in [0.25, 0.3) is 0 Å². The molecule has 2 N–H and O–H groups in total. The summed E-state index contributed by atoms with van der Waals surface area (Å²) in [5, 5.41) is 5.60.